The molecule has 1 fully saturated rings. The Kier molecular flexibility index (Phi) is 4.49. The second kappa shape index (κ2) is 6.11. The fraction of sp³-hybridized carbons (Fsp3) is 0.462. The monoisotopic (exact) mass is 267 g/mol. The first-order chi connectivity index (χ1) is 8.74. The highest BCUT2D eigenvalue weighted by Gasteiger charge is 2.28. The van der Waals surface area contributed by atoms with Crippen LogP contribution in [0.2, 0.25) is 0 Å². The third-order valence-corrected chi connectivity index (χ3v) is 4.11. The molecule has 2 atom stereocenters. The molecule has 0 spiro atoms. The predicted molar refractivity (Wildman–Crippen MR) is 72.0 cm³/mol. The quantitative estimate of drug-likeness (QED) is 0.843. The maximum Gasteiger partial charge on any atom is 0.323 e. The van der Waals surface area contributed by atoms with Crippen molar-refractivity contribution in [1.82, 2.24) is 5.32 Å². The van der Waals surface area contributed by atoms with Gasteiger partial charge < -0.3 is 9.47 Å². The van der Waals surface area contributed by atoms with Crippen LogP contribution < -0.4 is 10.1 Å². The van der Waals surface area contributed by atoms with Gasteiger partial charge in [-0.25, -0.2) is 0 Å². The largest absolute Gasteiger partial charge is 0.497 e. The number of carbonyl (C=O) groups excluding carboxylic acids is 1. The molecule has 1 aliphatic rings. The van der Waals surface area contributed by atoms with Crippen LogP contribution in [0.15, 0.2) is 24.3 Å². The molecule has 1 aromatic carbocycles. The minimum absolute atomic E-state index is 0.179. The van der Waals surface area contributed by atoms with E-state index in [2.05, 4.69) is 5.32 Å². The zero-order valence-corrected chi connectivity index (χ0v) is 11.3. The van der Waals surface area contributed by atoms with E-state index in [1.54, 1.807) is 18.9 Å². The topological polar surface area (TPSA) is 47.6 Å². The van der Waals surface area contributed by atoms with E-state index in [1.165, 1.54) is 7.11 Å². The molecule has 4 nitrogen and oxygen atoms in total. The average molecular weight is 267 g/mol. The molecule has 2 rings (SSSR count). The van der Waals surface area contributed by atoms with Gasteiger partial charge in [-0.05, 0) is 17.7 Å². The van der Waals surface area contributed by atoms with Gasteiger partial charge in [0.05, 0.1) is 14.2 Å². The number of benzene rings is 1. The molecular weight excluding hydrogens is 250 g/mol. The normalized spacial score (nSPS) is 23.4. The SMILES string of the molecule is COC(=O)C1CSCC(c2ccc(OC)cc2)N1. The molecule has 1 aliphatic heterocycles. The number of hydrogen-bond acceptors (Lipinski definition) is 5. The molecule has 18 heavy (non-hydrogen) atoms. The van der Waals surface area contributed by atoms with Gasteiger partial charge in [-0.15, -0.1) is 0 Å². The number of nitrogens with one attached hydrogen (secondary N) is 1. The summed E-state index contributed by atoms with van der Waals surface area (Å²) in [6.07, 6.45) is 0. The number of thioether (sulfide) groups is 1. The summed E-state index contributed by atoms with van der Waals surface area (Å²) in [6.45, 7) is 0. The summed E-state index contributed by atoms with van der Waals surface area (Å²) in [5, 5.41) is 3.32. The van der Waals surface area contributed by atoms with Crippen LogP contribution in [0, 0.1) is 0 Å². The standard InChI is InChI=1S/C13H17NO3S/c1-16-10-5-3-9(4-6-10)11-7-18-8-12(14-11)13(15)17-2/h3-6,11-12,14H,7-8H2,1-2H3. The van der Waals surface area contributed by atoms with Crippen LogP contribution in [0.1, 0.15) is 11.6 Å². The lowest BCUT2D eigenvalue weighted by molar-refractivity contribution is -0.142. The number of methoxy groups -OCH3 is 2. The Hall–Kier alpha value is -1.20. The second-order valence-electron chi connectivity index (χ2n) is 4.11. The zero-order valence-electron chi connectivity index (χ0n) is 10.5. The number of ether oxygens (including phenoxy) is 2. The molecule has 1 saturated heterocycles. The van der Waals surface area contributed by atoms with Crippen molar-refractivity contribution in [3.05, 3.63) is 29.8 Å². The van der Waals surface area contributed by atoms with Gasteiger partial charge in [-0.2, -0.15) is 11.8 Å². The molecule has 0 aliphatic carbocycles. The summed E-state index contributed by atoms with van der Waals surface area (Å²) in [4.78, 5) is 11.5. The van der Waals surface area contributed by atoms with Gasteiger partial charge in [-0.1, -0.05) is 12.1 Å². The second-order valence-corrected chi connectivity index (χ2v) is 5.18. The molecule has 1 N–H and O–H groups in total. The third kappa shape index (κ3) is 2.97. The Bertz CT molecular complexity index is 407. The molecule has 1 aromatic rings. The van der Waals surface area contributed by atoms with Gasteiger partial charge in [0.25, 0.3) is 0 Å². The van der Waals surface area contributed by atoms with E-state index in [-0.39, 0.29) is 18.1 Å². The van der Waals surface area contributed by atoms with Gasteiger partial charge in [0, 0.05) is 17.5 Å². The van der Waals surface area contributed by atoms with Crippen LogP contribution in [0.25, 0.3) is 0 Å². The summed E-state index contributed by atoms with van der Waals surface area (Å²) < 4.78 is 9.91. The molecule has 0 aromatic heterocycles. The van der Waals surface area contributed by atoms with Crippen molar-refractivity contribution in [2.75, 3.05) is 25.7 Å². The van der Waals surface area contributed by atoms with E-state index in [1.807, 2.05) is 24.3 Å². The molecule has 0 radical (unpaired) electrons. The fourth-order valence-electron chi connectivity index (χ4n) is 1.95. The first kappa shape index (κ1) is 13.2. The summed E-state index contributed by atoms with van der Waals surface area (Å²) in [6, 6.07) is 7.87. The highest BCUT2D eigenvalue weighted by molar-refractivity contribution is 7.99. The van der Waals surface area contributed by atoms with E-state index in [0.29, 0.717) is 0 Å². The maximum absolute atomic E-state index is 11.5. The van der Waals surface area contributed by atoms with Gasteiger partial charge in [0.2, 0.25) is 0 Å². The first-order valence-corrected chi connectivity index (χ1v) is 6.95. The van der Waals surface area contributed by atoms with Crippen LogP contribution >= 0.6 is 11.8 Å². The summed E-state index contributed by atoms with van der Waals surface area (Å²) in [5.41, 5.74) is 1.16. The van der Waals surface area contributed by atoms with Crippen molar-refractivity contribution in [1.29, 1.82) is 0 Å². The Morgan fingerprint density at radius 3 is 2.61 bits per heavy atom. The van der Waals surface area contributed by atoms with Gasteiger partial charge in [0.1, 0.15) is 11.8 Å². The number of hydrogen-bond donors (Lipinski definition) is 1. The first-order valence-electron chi connectivity index (χ1n) is 5.80. The van der Waals surface area contributed by atoms with Crippen LogP contribution in [0.5, 0.6) is 5.75 Å². The van der Waals surface area contributed by atoms with Gasteiger partial charge in [0.15, 0.2) is 0 Å². The summed E-state index contributed by atoms with van der Waals surface area (Å²) >= 11 is 1.77. The van der Waals surface area contributed by atoms with Crippen molar-refractivity contribution >= 4 is 17.7 Å². The summed E-state index contributed by atoms with van der Waals surface area (Å²) in [5.74, 6) is 2.37. The minimum Gasteiger partial charge on any atom is -0.497 e. The van der Waals surface area contributed by atoms with Crippen LogP contribution in [0.3, 0.4) is 0 Å². The van der Waals surface area contributed by atoms with E-state index in [9.17, 15) is 4.79 Å². The predicted octanol–water partition coefficient (Wildman–Crippen LogP) is 1.61. The van der Waals surface area contributed by atoms with Crippen LogP contribution in [-0.2, 0) is 9.53 Å². The Morgan fingerprint density at radius 2 is 2.00 bits per heavy atom. The Balaban J connectivity index is 2.05. The van der Waals surface area contributed by atoms with E-state index >= 15 is 0 Å². The zero-order chi connectivity index (χ0) is 13.0. The third-order valence-electron chi connectivity index (χ3n) is 2.98. The minimum atomic E-state index is -0.221. The van der Waals surface area contributed by atoms with Gasteiger partial charge in [-0.3, -0.25) is 10.1 Å². The van der Waals surface area contributed by atoms with Gasteiger partial charge >= 0.3 is 5.97 Å². The van der Waals surface area contributed by atoms with E-state index in [4.69, 9.17) is 9.47 Å². The van der Waals surface area contributed by atoms with Crippen molar-refractivity contribution in [3.8, 4) is 5.75 Å². The van der Waals surface area contributed by atoms with Crippen molar-refractivity contribution in [2.24, 2.45) is 0 Å². The molecule has 2 unspecified atom stereocenters. The molecular formula is C13H17NO3S. The van der Waals surface area contributed by atoms with E-state index in [0.717, 1.165) is 22.8 Å². The Morgan fingerprint density at radius 1 is 1.28 bits per heavy atom. The average Bonchev–Trinajstić information content (AvgIpc) is 2.46. The smallest absolute Gasteiger partial charge is 0.323 e. The van der Waals surface area contributed by atoms with Crippen molar-refractivity contribution in [3.63, 3.8) is 0 Å². The van der Waals surface area contributed by atoms with E-state index < -0.39 is 0 Å². The number of esters is 1. The molecule has 1 heterocycles. The molecule has 98 valence electrons. The fourth-order valence-corrected chi connectivity index (χ4v) is 3.08. The highest BCUT2D eigenvalue weighted by atomic mass is 32.2. The lowest BCUT2D eigenvalue weighted by Crippen LogP contribution is -2.45. The number of rotatable bonds is 3. The maximum atomic E-state index is 11.5. The molecule has 5 heteroatoms. The molecule has 0 amide bonds. The lowest BCUT2D eigenvalue weighted by atomic mass is 10.1. The summed E-state index contributed by atoms with van der Waals surface area (Å²) in [7, 11) is 3.07. The van der Waals surface area contributed by atoms with Crippen molar-refractivity contribution in [2.45, 2.75) is 12.1 Å². The Labute approximate surface area is 111 Å². The molecule has 0 saturated carbocycles. The van der Waals surface area contributed by atoms with Crippen LogP contribution in [-0.4, -0.2) is 37.7 Å². The lowest BCUT2D eigenvalue weighted by Gasteiger charge is -2.29. The molecule has 0 bridgehead atoms. The van der Waals surface area contributed by atoms with Crippen LogP contribution in [0.4, 0.5) is 0 Å². The van der Waals surface area contributed by atoms with Crippen molar-refractivity contribution < 1.29 is 14.3 Å². The number of carbonyl (C=O) groups is 1. The highest BCUT2D eigenvalue weighted by Crippen LogP contribution is 2.26.